The van der Waals surface area contributed by atoms with Crippen LogP contribution in [0, 0.1) is 0 Å². The molecule has 0 spiro atoms. The van der Waals surface area contributed by atoms with Crippen molar-refractivity contribution < 1.29 is 14.0 Å². The van der Waals surface area contributed by atoms with Crippen molar-refractivity contribution in [2.24, 2.45) is 0 Å². The fourth-order valence-corrected chi connectivity index (χ4v) is 1.46. The SMILES string of the molecule is CC(C)(C)OC(=O)[N+]1(CCCl)CC1. The normalized spacial score (nSPS) is 19.7. The highest BCUT2D eigenvalue weighted by molar-refractivity contribution is 6.18. The Morgan fingerprint density at radius 2 is 2.00 bits per heavy atom. The molecule has 0 aromatic carbocycles. The average Bonchev–Trinajstić information content (AvgIpc) is 2.66. The molecule has 0 radical (unpaired) electrons. The second kappa shape index (κ2) is 3.46. The molecule has 0 aromatic heterocycles. The van der Waals surface area contributed by atoms with Crippen molar-refractivity contribution in [2.45, 2.75) is 26.4 Å². The van der Waals surface area contributed by atoms with Crippen molar-refractivity contribution >= 4 is 17.7 Å². The molecular weight excluding hydrogens is 190 g/mol. The van der Waals surface area contributed by atoms with Crippen LogP contribution < -0.4 is 0 Å². The summed E-state index contributed by atoms with van der Waals surface area (Å²) in [7, 11) is 0. The van der Waals surface area contributed by atoms with Crippen LogP contribution in [0.4, 0.5) is 4.79 Å². The van der Waals surface area contributed by atoms with Crippen molar-refractivity contribution in [2.75, 3.05) is 25.5 Å². The first-order valence-electron chi connectivity index (χ1n) is 4.55. The Balaban J connectivity index is 2.48. The summed E-state index contributed by atoms with van der Waals surface area (Å²) < 4.78 is 5.71. The number of quaternary nitrogens is 1. The molecule has 1 rings (SSSR count). The number of halogens is 1. The zero-order valence-electron chi connectivity index (χ0n) is 8.47. The van der Waals surface area contributed by atoms with E-state index in [2.05, 4.69) is 0 Å². The van der Waals surface area contributed by atoms with E-state index in [4.69, 9.17) is 16.3 Å². The Bertz CT molecular complexity index is 206. The minimum Gasteiger partial charge on any atom is -0.414 e. The van der Waals surface area contributed by atoms with Gasteiger partial charge in [-0.05, 0) is 20.8 Å². The number of hydrogen-bond donors (Lipinski definition) is 0. The third-order valence-electron chi connectivity index (χ3n) is 2.06. The molecule has 0 aliphatic carbocycles. The molecule has 0 saturated carbocycles. The second-order valence-corrected chi connectivity index (χ2v) is 4.86. The Labute approximate surface area is 84.2 Å². The Hall–Kier alpha value is -0.280. The molecule has 0 N–H and O–H groups in total. The molecule has 4 heteroatoms. The van der Waals surface area contributed by atoms with E-state index in [0.717, 1.165) is 13.1 Å². The molecule has 1 saturated heterocycles. The summed E-state index contributed by atoms with van der Waals surface area (Å²) in [5.74, 6) is 0.513. The molecule has 1 aliphatic heterocycles. The molecule has 0 unspecified atom stereocenters. The van der Waals surface area contributed by atoms with Crippen LogP contribution in [0.5, 0.6) is 0 Å². The fourth-order valence-electron chi connectivity index (χ4n) is 1.14. The molecule has 1 heterocycles. The molecule has 0 bridgehead atoms. The first kappa shape index (κ1) is 10.8. The maximum absolute atomic E-state index is 11.6. The lowest BCUT2D eigenvalue weighted by Crippen LogP contribution is -2.40. The summed E-state index contributed by atoms with van der Waals surface area (Å²) in [6, 6.07) is 0. The molecule has 13 heavy (non-hydrogen) atoms. The summed E-state index contributed by atoms with van der Waals surface area (Å²) in [4.78, 5) is 11.6. The van der Waals surface area contributed by atoms with Gasteiger partial charge in [0.25, 0.3) is 0 Å². The van der Waals surface area contributed by atoms with Gasteiger partial charge in [-0.25, -0.2) is 4.48 Å². The van der Waals surface area contributed by atoms with Crippen LogP contribution in [0.2, 0.25) is 0 Å². The van der Waals surface area contributed by atoms with Gasteiger partial charge in [0.05, 0.1) is 5.88 Å². The largest absolute Gasteiger partial charge is 0.516 e. The minimum absolute atomic E-state index is 0.131. The smallest absolute Gasteiger partial charge is 0.414 e. The van der Waals surface area contributed by atoms with E-state index in [-0.39, 0.29) is 6.09 Å². The maximum Gasteiger partial charge on any atom is 0.516 e. The van der Waals surface area contributed by atoms with E-state index in [1.54, 1.807) is 0 Å². The van der Waals surface area contributed by atoms with E-state index in [1.807, 2.05) is 20.8 Å². The number of alkyl halides is 1. The lowest BCUT2D eigenvalue weighted by molar-refractivity contribution is -0.720. The molecule has 1 fully saturated rings. The highest BCUT2D eigenvalue weighted by atomic mass is 35.5. The quantitative estimate of drug-likeness (QED) is 0.393. The van der Waals surface area contributed by atoms with Crippen LogP contribution in [0.15, 0.2) is 0 Å². The van der Waals surface area contributed by atoms with Gasteiger partial charge in [-0.1, -0.05) is 0 Å². The van der Waals surface area contributed by atoms with Gasteiger partial charge in [-0.15, -0.1) is 11.6 Å². The van der Waals surface area contributed by atoms with Crippen LogP contribution in [-0.2, 0) is 4.74 Å². The van der Waals surface area contributed by atoms with Crippen LogP contribution in [0.3, 0.4) is 0 Å². The van der Waals surface area contributed by atoms with Crippen molar-refractivity contribution in [1.29, 1.82) is 0 Å². The zero-order valence-corrected chi connectivity index (χ0v) is 9.23. The number of amides is 1. The molecule has 0 aromatic rings. The zero-order chi connectivity index (χ0) is 10.1. The topological polar surface area (TPSA) is 26.3 Å². The van der Waals surface area contributed by atoms with E-state index < -0.39 is 5.60 Å². The van der Waals surface area contributed by atoms with Gasteiger partial charge in [0, 0.05) is 0 Å². The average molecular weight is 207 g/mol. The minimum atomic E-state index is -0.392. The predicted molar refractivity (Wildman–Crippen MR) is 51.8 cm³/mol. The van der Waals surface area contributed by atoms with E-state index in [0.29, 0.717) is 16.9 Å². The third-order valence-corrected chi connectivity index (χ3v) is 2.23. The van der Waals surface area contributed by atoms with Crippen LogP contribution in [-0.4, -0.2) is 41.7 Å². The van der Waals surface area contributed by atoms with Crippen molar-refractivity contribution in [3.8, 4) is 0 Å². The summed E-state index contributed by atoms with van der Waals surface area (Å²) in [6.45, 7) is 8.09. The van der Waals surface area contributed by atoms with Gasteiger partial charge in [0.2, 0.25) is 0 Å². The fraction of sp³-hybridized carbons (Fsp3) is 0.889. The summed E-state index contributed by atoms with van der Waals surface area (Å²) in [6.07, 6.45) is -0.131. The molecule has 76 valence electrons. The van der Waals surface area contributed by atoms with Gasteiger partial charge in [-0.2, -0.15) is 4.79 Å². The van der Waals surface area contributed by atoms with Crippen LogP contribution >= 0.6 is 11.6 Å². The van der Waals surface area contributed by atoms with Crippen LogP contribution in [0.25, 0.3) is 0 Å². The maximum atomic E-state index is 11.6. The number of ether oxygens (including phenoxy) is 1. The monoisotopic (exact) mass is 206 g/mol. The van der Waals surface area contributed by atoms with Gasteiger partial charge < -0.3 is 4.74 Å². The predicted octanol–water partition coefficient (Wildman–Crippen LogP) is 1.99. The Kier molecular flexibility index (Phi) is 2.88. The molecule has 3 nitrogen and oxygen atoms in total. The van der Waals surface area contributed by atoms with Gasteiger partial charge in [-0.3, -0.25) is 0 Å². The molecule has 1 amide bonds. The van der Waals surface area contributed by atoms with Crippen molar-refractivity contribution in [3.05, 3.63) is 0 Å². The van der Waals surface area contributed by atoms with Gasteiger partial charge >= 0.3 is 6.09 Å². The number of nitrogens with zero attached hydrogens (tertiary/aromatic N) is 1. The Morgan fingerprint density at radius 3 is 2.31 bits per heavy atom. The number of hydrogen-bond acceptors (Lipinski definition) is 2. The van der Waals surface area contributed by atoms with Crippen molar-refractivity contribution in [3.63, 3.8) is 0 Å². The standard InChI is InChI=1S/C9H17ClNO2/c1-9(2,3)13-8(12)11(5-4-10)6-7-11/h4-7H2,1-3H3/q+1. The summed E-state index contributed by atoms with van der Waals surface area (Å²) in [5, 5.41) is 0. The highest BCUT2D eigenvalue weighted by Crippen LogP contribution is 2.25. The van der Waals surface area contributed by atoms with Gasteiger partial charge in [0.15, 0.2) is 0 Å². The van der Waals surface area contributed by atoms with E-state index in [1.165, 1.54) is 0 Å². The van der Waals surface area contributed by atoms with Gasteiger partial charge in [0.1, 0.15) is 25.2 Å². The van der Waals surface area contributed by atoms with Crippen molar-refractivity contribution in [1.82, 2.24) is 0 Å². The lowest BCUT2D eigenvalue weighted by atomic mass is 10.2. The molecule has 1 aliphatic rings. The molecule has 0 atom stereocenters. The molecular formula is C9H17ClNO2+. The first-order chi connectivity index (χ1) is 5.90. The number of carbonyl (C=O) groups is 1. The Morgan fingerprint density at radius 1 is 1.46 bits per heavy atom. The first-order valence-corrected chi connectivity index (χ1v) is 5.09. The van der Waals surface area contributed by atoms with Crippen LogP contribution in [0.1, 0.15) is 20.8 Å². The third kappa shape index (κ3) is 2.85. The summed E-state index contributed by atoms with van der Waals surface area (Å²) >= 11 is 5.62. The second-order valence-electron chi connectivity index (χ2n) is 4.49. The summed E-state index contributed by atoms with van der Waals surface area (Å²) in [5.41, 5.74) is -0.392. The van der Waals surface area contributed by atoms with E-state index in [9.17, 15) is 4.79 Å². The lowest BCUT2D eigenvalue weighted by Gasteiger charge is -2.22. The number of carbonyl (C=O) groups excluding carboxylic acids is 1. The van der Waals surface area contributed by atoms with E-state index >= 15 is 0 Å². The highest BCUT2D eigenvalue weighted by Gasteiger charge is 2.52. The number of rotatable bonds is 2.